The molecule has 0 unspecified atom stereocenters. The fourth-order valence-electron chi connectivity index (χ4n) is 3.63. The van der Waals surface area contributed by atoms with E-state index in [1.54, 1.807) is 0 Å². The van der Waals surface area contributed by atoms with Gasteiger partial charge in [0.15, 0.2) is 0 Å². The number of rotatable bonds is 1. The second kappa shape index (κ2) is 5.95. The Kier molecular flexibility index (Phi) is 4.71. The molecular weight excluding hydrogens is 264 g/mol. The first-order chi connectivity index (χ1) is 8.66. The minimum atomic E-state index is 0. The third kappa shape index (κ3) is 2.75. The van der Waals surface area contributed by atoms with Crippen molar-refractivity contribution in [3.63, 3.8) is 0 Å². The summed E-state index contributed by atoms with van der Waals surface area (Å²) in [6, 6.07) is 0.705. The number of carbonyl (C=O) groups is 1. The van der Waals surface area contributed by atoms with Gasteiger partial charge in [0, 0.05) is 38.8 Å². The van der Waals surface area contributed by atoms with Crippen LogP contribution in [-0.4, -0.2) is 86.1 Å². The van der Waals surface area contributed by atoms with Gasteiger partial charge in [-0.1, -0.05) is 0 Å². The molecule has 0 bridgehead atoms. The third-order valence-electron chi connectivity index (χ3n) is 4.94. The van der Waals surface area contributed by atoms with Gasteiger partial charge in [0.1, 0.15) is 0 Å². The van der Waals surface area contributed by atoms with E-state index in [0.717, 1.165) is 45.7 Å². The predicted octanol–water partition coefficient (Wildman–Crippen LogP) is -0.526. The zero-order valence-electron chi connectivity index (χ0n) is 11.8. The van der Waals surface area contributed by atoms with Crippen LogP contribution in [0.4, 0.5) is 0 Å². The van der Waals surface area contributed by atoms with Gasteiger partial charge in [-0.2, -0.15) is 0 Å². The van der Waals surface area contributed by atoms with Crippen LogP contribution in [0.2, 0.25) is 0 Å². The van der Waals surface area contributed by atoms with Gasteiger partial charge >= 0.3 is 0 Å². The predicted molar refractivity (Wildman–Crippen MR) is 77.6 cm³/mol. The number of hydrogen-bond donors (Lipinski definition) is 1. The number of halogens is 1. The standard InChI is InChI=1S/C13H24N4O.ClH/c1-15-3-5-17(6-4-15)13(18)11-7-10-8-14-9-12(10)16(11)2;/h10-12,14H,3-9H2,1-2H3;1H/t10-,11-,12+;/m0./s1. The van der Waals surface area contributed by atoms with Crippen molar-refractivity contribution < 1.29 is 4.79 Å². The number of likely N-dealkylation sites (tertiary alicyclic amines) is 1. The lowest BCUT2D eigenvalue weighted by Gasteiger charge is -2.35. The van der Waals surface area contributed by atoms with E-state index in [4.69, 9.17) is 0 Å². The fourth-order valence-corrected chi connectivity index (χ4v) is 3.63. The molecule has 0 aromatic carbocycles. The van der Waals surface area contributed by atoms with Crippen molar-refractivity contribution >= 4 is 18.3 Å². The van der Waals surface area contributed by atoms with E-state index >= 15 is 0 Å². The molecule has 5 nitrogen and oxygen atoms in total. The molecule has 3 rings (SSSR count). The van der Waals surface area contributed by atoms with E-state index in [9.17, 15) is 4.79 Å². The first-order valence-corrected chi connectivity index (χ1v) is 7.07. The Morgan fingerprint density at radius 3 is 2.42 bits per heavy atom. The first kappa shape index (κ1) is 15.0. The Labute approximate surface area is 121 Å². The van der Waals surface area contributed by atoms with Gasteiger partial charge in [-0.3, -0.25) is 9.69 Å². The average molecular weight is 289 g/mol. The lowest BCUT2D eigenvalue weighted by molar-refractivity contribution is -0.137. The Balaban J connectivity index is 0.00000133. The molecular formula is C13H25ClN4O. The van der Waals surface area contributed by atoms with Crippen LogP contribution in [0.3, 0.4) is 0 Å². The largest absolute Gasteiger partial charge is 0.339 e. The molecule has 3 aliphatic rings. The Hall–Kier alpha value is -0.360. The van der Waals surface area contributed by atoms with Crippen LogP contribution in [0.15, 0.2) is 0 Å². The normalized spacial score (nSPS) is 36.1. The maximum Gasteiger partial charge on any atom is 0.240 e. The van der Waals surface area contributed by atoms with Crippen LogP contribution < -0.4 is 5.32 Å². The maximum absolute atomic E-state index is 12.6. The molecule has 1 amide bonds. The molecule has 1 N–H and O–H groups in total. The topological polar surface area (TPSA) is 38.8 Å². The molecule has 0 aromatic heterocycles. The van der Waals surface area contributed by atoms with E-state index in [2.05, 4.69) is 34.1 Å². The van der Waals surface area contributed by atoms with Crippen molar-refractivity contribution in [3.05, 3.63) is 0 Å². The first-order valence-electron chi connectivity index (χ1n) is 7.07. The van der Waals surface area contributed by atoms with Gasteiger partial charge < -0.3 is 15.1 Å². The molecule has 110 valence electrons. The summed E-state index contributed by atoms with van der Waals surface area (Å²) in [7, 11) is 4.25. The van der Waals surface area contributed by atoms with E-state index in [-0.39, 0.29) is 18.4 Å². The summed E-state index contributed by atoms with van der Waals surface area (Å²) in [5.74, 6) is 1.04. The number of fused-ring (bicyclic) bond motifs is 1. The summed E-state index contributed by atoms with van der Waals surface area (Å²) in [4.78, 5) is 19.3. The summed E-state index contributed by atoms with van der Waals surface area (Å²) >= 11 is 0. The molecule has 0 aromatic rings. The van der Waals surface area contributed by atoms with Crippen molar-refractivity contribution in [1.29, 1.82) is 0 Å². The smallest absolute Gasteiger partial charge is 0.240 e. The van der Waals surface area contributed by atoms with Crippen molar-refractivity contribution in [1.82, 2.24) is 20.0 Å². The van der Waals surface area contributed by atoms with Crippen molar-refractivity contribution in [2.24, 2.45) is 5.92 Å². The number of nitrogens with zero attached hydrogens (tertiary/aromatic N) is 3. The highest BCUT2D eigenvalue weighted by molar-refractivity contribution is 5.85. The van der Waals surface area contributed by atoms with E-state index in [1.807, 2.05) is 0 Å². The van der Waals surface area contributed by atoms with Gasteiger partial charge in [0.05, 0.1) is 6.04 Å². The summed E-state index contributed by atoms with van der Waals surface area (Å²) in [6.45, 7) is 5.95. The second-order valence-electron chi connectivity index (χ2n) is 6.03. The minimum absolute atomic E-state index is 0. The van der Waals surface area contributed by atoms with E-state index in [0.29, 0.717) is 17.9 Å². The van der Waals surface area contributed by atoms with Crippen LogP contribution in [-0.2, 0) is 4.79 Å². The number of amides is 1. The molecule has 6 heteroatoms. The summed E-state index contributed by atoms with van der Waals surface area (Å²) in [5.41, 5.74) is 0. The molecule has 19 heavy (non-hydrogen) atoms. The number of carbonyl (C=O) groups excluding carboxylic acids is 1. The highest BCUT2D eigenvalue weighted by atomic mass is 35.5. The van der Waals surface area contributed by atoms with Gasteiger partial charge in [0.2, 0.25) is 5.91 Å². The monoisotopic (exact) mass is 288 g/mol. The number of likely N-dealkylation sites (N-methyl/N-ethyl adjacent to an activating group) is 2. The Morgan fingerprint density at radius 2 is 1.79 bits per heavy atom. The lowest BCUT2D eigenvalue weighted by atomic mass is 10.0. The Bertz CT molecular complexity index is 333. The number of nitrogens with one attached hydrogen (secondary N) is 1. The van der Waals surface area contributed by atoms with Crippen molar-refractivity contribution in [2.45, 2.75) is 18.5 Å². The van der Waals surface area contributed by atoms with Gasteiger partial charge in [-0.25, -0.2) is 0 Å². The summed E-state index contributed by atoms with van der Waals surface area (Å²) in [5, 5.41) is 3.43. The SMILES string of the molecule is CN1CCN(C(=O)[C@@H]2C[C@H]3CNC[C@H]3N2C)CC1.Cl. The molecule has 3 heterocycles. The molecule has 0 spiro atoms. The van der Waals surface area contributed by atoms with Crippen molar-refractivity contribution in [2.75, 3.05) is 53.4 Å². The third-order valence-corrected chi connectivity index (χ3v) is 4.94. The second-order valence-corrected chi connectivity index (χ2v) is 6.03. The molecule has 3 saturated heterocycles. The summed E-state index contributed by atoms with van der Waals surface area (Å²) in [6.07, 6.45) is 1.04. The molecule has 3 aliphatic heterocycles. The van der Waals surface area contributed by atoms with Crippen LogP contribution in [0.1, 0.15) is 6.42 Å². The van der Waals surface area contributed by atoms with E-state index in [1.165, 1.54) is 0 Å². The fraction of sp³-hybridized carbons (Fsp3) is 0.923. The van der Waals surface area contributed by atoms with Crippen molar-refractivity contribution in [3.8, 4) is 0 Å². The maximum atomic E-state index is 12.6. The van der Waals surface area contributed by atoms with Gasteiger partial charge in [-0.15, -0.1) is 12.4 Å². The molecule has 0 saturated carbocycles. The van der Waals surface area contributed by atoms with Crippen LogP contribution >= 0.6 is 12.4 Å². The van der Waals surface area contributed by atoms with Gasteiger partial charge in [0.25, 0.3) is 0 Å². The zero-order chi connectivity index (χ0) is 12.7. The van der Waals surface area contributed by atoms with E-state index < -0.39 is 0 Å². The zero-order valence-corrected chi connectivity index (χ0v) is 12.7. The molecule has 3 atom stereocenters. The van der Waals surface area contributed by atoms with Crippen LogP contribution in [0, 0.1) is 5.92 Å². The number of piperazine rings is 1. The van der Waals surface area contributed by atoms with Crippen LogP contribution in [0.5, 0.6) is 0 Å². The van der Waals surface area contributed by atoms with Crippen LogP contribution in [0.25, 0.3) is 0 Å². The highest BCUT2D eigenvalue weighted by Gasteiger charge is 2.45. The number of hydrogen-bond acceptors (Lipinski definition) is 4. The Morgan fingerprint density at radius 1 is 1.11 bits per heavy atom. The highest BCUT2D eigenvalue weighted by Crippen LogP contribution is 2.31. The minimum Gasteiger partial charge on any atom is -0.339 e. The molecule has 0 radical (unpaired) electrons. The average Bonchev–Trinajstić information content (AvgIpc) is 2.93. The van der Waals surface area contributed by atoms with Gasteiger partial charge in [-0.05, 0) is 33.0 Å². The quantitative estimate of drug-likeness (QED) is 0.704. The molecule has 3 fully saturated rings. The molecule has 0 aliphatic carbocycles. The lowest BCUT2D eigenvalue weighted by Crippen LogP contribution is -2.53. The summed E-state index contributed by atoms with van der Waals surface area (Å²) < 4.78 is 0.